The van der Waals surface area contributed by atoms with Crippen molar-refractivity contribution in [2.75, 3.05) is 32.1 Å². The highest BCUT2D eigenvalue weighted by Gasteiger charge is 2.28. The molecule has 1 aromatic carbocycles. The van der Waals surface area contributed by atoms with Gasteiger partial charge in [-0.3, -0.25) is 9.79 Å². The SMILES string of the molecule is CCN(c1cc(Cl)cc(C(=O)NCC2=C(C)N=CC2)c1C)C1CCC(N(C)C)CC1. The van der Waals surface area contributed by atoms with Crippen LogP contribution in [-0.2, 0) is 0 Å². The van der Waals surface area contributed by atoms with Gasteiger partial charge in [0.15, 0.2) is 0 Å². The lowest BCUT2D eigenvalue weighted by Crippen LogP contribution is -2.42. The molecule has 2 aliphatic rings. The Morgan fingerprint density at radius 3 is 2.40 bits per heavy atom. The summed E-state index contributed by atoms with van der Waals surface area (Å²) in [5.74, 6) is -0.0733. The fraction of sp³-hybridized carbons (Fsp3) is 0.583. The Morgan fingerprint density at radius 2 is 1.83 bits per heavy atom. The fourth-order valence-electron chi connectivity index (χ4n) is 4.72. The summed E-state index contributed by atoms with van der Waals surface area (Å²) in [6.07, 6.45) is 7.44. The van der Waals surface area contributed by atoms with Gasteiger partial charge in [-0.1, -0.05) is 11.6 Å². The smallest absolute Gasteiger partial charge is 0.251 e. The van der Waals surface area contributed by atoms with Gasteiger partial charge in [-0.2, -0.15) is 0 Å². The zero-order valence-electron chi connectivity index (χ0n) is 19.0. The van der Waals surface area contributed by atoms with E-state index in [0.29, 0.717) is 29.2 Å². The first-order valence-corrected chi connectivity index (χ1v) is 11.4. The van der Waals surface area contributed by atoms with Crippen LogP contribution in [0.4, 0.5) is 5.69 Å². The molecule has 6 heteroatoms. The van der Waals surface area contributed by atoms with E-state index in [4.69, 9.17) is 11.6 Å². The number of nitrogens with one attached hydrogen (secondary N) is 1. The van der Waals surface area contributed by atoms with Crippen LogP contribution in [0, 0.1) is 6.92 Å². The molecule has 0 radical (unpaired) electrons. The average Bonchev–Trinajstić information content (AvgIpc) is 3.14. The Balaban J connectivity index is 1.77. The summed E-state index contributed by atoms with van der Waals surface area (Å²) in [6.45, 7) is 7.64. The average molecular weight is 431 g/mol. The van der Waals surface area contributed by atoms with Crippen LogP contribution in [0.15, 0.2) is 28.4 Å². The molecule has 1 saturated carbocycles. The molecule has 0 unspecified atom stereocenters. The molecular formula is C24H35ClN4O. The third kappa shape index (κ3) is 5.06. The maximum absolute atomic E-state index is 13.0. The van der Waals surface area contributed by atoms with Gasteiger partial charge in [0.25, 0.3) is 5.91 Å². The van der Waals surface area contributed by atoms with Crippen LogP contribution in [0.5, 0.6) is 0 Å². The number of carbonyl (C=O) groups is 1. The number of rotatable bonds is 7. The van der Waals surface area contributed by atoms with E-state index in [1.165, 1.54) is 12.8 Å². The maximum Gasteiger partial charge on any atom is 0.251 e. The van der Waals surface area contributed by atoms with Crippen LogP contribution >= 0.6 is 11.6 Å². The van der Waals surface area contributed by atoms with Gasteiger partial charge in [0.1, 0.15) is 0 Å². The van der Waals surface area contributed by atoms with Gasteiger partial charge >= 0.3 is 0 Å². The van der Waals surface area contributed by atoms with E-state index in [0.717, 1.165) is 48.3 Å². The molecule has 5 nitrogen and oxygen atoms in total. The van der Waals surface area contributed by atoms with Crippen LogP contribution < -0.4 is 10.2 Å². The molecule has 1 fully saturated rings. The number of halogens is 1. The Labute approximate surface area is 186 Å². The van der Waals surface area contributed by atoms with E-state index in [9.17, 15) is 4.79 Å². The molecule has 1 heterocycles. The number of anilines is 1. The minimum Gasteiger partial charge on any atom is -0.369 e. The number of amides is 1. The normalized spacial score (nSPS) is 21.4. The summed E-state index contributed by atoms with van der Waals surface area (Å²) in [5.41, 5.74) is 4.92. The van der Waals surface area contributed by atoms with E-state index in [-0.39, 0.29) is 5.91 Å². The molecule has 1 aromatic rings. The zero-order chi connectivity index (χ0) is 21.8. The van der Waals surface area contributed by atoms with Gasteiger partial charge < -0.3 is 15.1 Å². The standard InChI is InChI=1S/C24H35ClN4O/c1-6-29(21-9-7-20(8-10-21)28(4)5)23-14-19(25)13-22(16(23)2)24(30)27-15-18-11-12-26-17(18)3/h12-14,20-21H,6-11,15H2,1-5H3,(H,27,30). The molecule has 1 amide bonds. The van der Waals surface area contributed by atoms with Crippen molar-refractivity contribution in [3.8, 4) is 0 Å². The zero-order valence-corrected chi connectivity index (χ0v) is 19.7. The first-order valence-electron chi connectivity index (χ1n) is 11.0. The number of carbonyl (C=O) groups excluding carboxylic acids is 1. The number of benzene rings is 1. The lowest BCUT2D eigenvalue weighted by Gasteiger charge is -2.40. The van der Waals surface area contributed by atoms with Crippen molar-refractivity contribution in [2.24, 2.45) is 4.99 Å². The molecule has 30 heavy (non-hydrogen) atoms. The van der Waals surface area contributed by atoms with Crippen molar-refractivity contribution in [2.45, 2.75) is 65.0 Å². The van der Waals surface area contributed by atoms with Crippen molar-refractivity contribution in [1.29, 1.82) is 0 Å². The molecule has 0 spiro atoms. The van der Waals surface area contributed by atoms with Crippen molar-refractivity contribution < 1.29 is 4.79 Å². The highest BCUT2D eigenvalue weighted by atomic mass is 35.5. The summed E-state index contributed by atoms with van der Waals surface area (Å²) in [6, 6.07) is 4.97. The lowest BCUT2D eigenvalue weighted by molar-refractivity contribution is 0.0956. The topological polar surface area (TPSA) is 47.9 Å². The number of hydrogen-bond acceptors (Lipinski definition) is 4. The molecule has 0 saturated heterocycles. The first-order chi connectivity index (χ1) is 14.3. The summed E-state index contributed by atoms with van der Waals surface area (Å²) < 4.78 is 0. The van der Waals surface area contributed by atoms with E-state index >= 15 is 0 Å². The monoisotopic (exact) mass is 430 g/mol. The van der Waals surface area contributed by atoms with Gasteiger partial charge in [-0.15, -0.1) is 0 Å². The molecule has 1 aliphatic heterocycles. The maximum atomic E-state index is 13.0. The second kappa shape index (κ2) is 9.97. The number of allylic oxidation sites excluding steroid dienone is 1. The van der Waals surface area contributed by atoms with E-state index in [1.807, 2.05) is 26.1 Å². The minimum atomic E-state index is -0.0733. The van der Waals surface area contributed by atoms with Crippen molar-refractivity contribution in [3.05, 3.63) is 39.6 Å². The highest BCUT2D eigenvalue weighted by molar-refractivity contribution is 6.31. The van der Waals surface area contributed by atoms with Crippen molar-refractivity contribution >= 4 is 29.4 Å². The molecule has 1 N–H and O–H groups in total. The van der Waals surface area contributed by atoms with Gasteiger partial charge in [0.05, 0.1) is 0 Å². The lowest BCUT2D eigenvalue weighted by atomic mass is 9.89. The van der Waals surface area contributed by atoms with Crippen LogP contribution in [0.25, 0.3) is 0 Å². The largest absolute Gasteiger partial charge is 0.369 e. The molecule has 1 aliphatic carbocycles. The Bertz CT molecular complexity index is 838. The summed E-state index contributed by atoms with van der Waals surface area (Å²) >= 11 is 6.48. The quantitative estimate of drug-likeness (QED) is 0.674. The van der Waals surface area contributed by atoms with Crippen LogP contribution in [0.1, 0.15) is 61.9 Å². The Kier molecular flexibility index (Phi) is 7.59. The minimum absolute atomic E-state index is 0.0733. The van der Waals surface area contributed by atoms with Gasteiger partial charge in [0, 0.05) is 59.8 Å². The number of nitrogens with zero attached hydrogens (tertiary/aromatic N) is 3. The van der Waals surface area contributed by atoms with Gasteiger partial charge in [-0.05, 0) is 83.8 Å². The summed E-state index contributed by atoms with van der Waals surface area (Å²) in [4.78, 5) is 22.1. The van der Waals surface area contributed by atoms with Gasteiger partial charge in [0.2, 0.25) is 0 Å². The summed E-state index contributed by atoms with van der Waals surface area (Å²) in [5, 5.41) is 3.67. The highest BCUT2D eigenvalue weighted by Crippen LogP contribution is 2.34. The van der Waals surface area contributed by atoms with Crippen molar-refractivity contribution in [3.63, 3.8) is 0 Å². The Hall–Kier alpha value is -1.85. The third-order valence-corrected chi connectivity index (χ3v) is 6.89. The molecule has 3 rings (SSSR count). The van der Waals surface area contributed by atoms with Crippen LogP contribution in [0.2, 0.25) is 5.02 Å². The third-order valence-electron chi connectivity index (χ3n) is 6.67. The number of hydrogen-bond donors (Lipinski definition) is 1. The predicted octanol–water partition coefficient (Wildman–Crippen LogP) is 4.83. The summed E-state index contributed by atoms with van der Waals surface area (Å²) in [7, 11) is 4.34. The Morgan fingerprint density at radius 1 is 1.17 bits per heavy atom. The second-order valence-corrected chi connectivity index (χ2v) is 9.13. The first kappa shape index (κ1) is 22.8. The van der Waals surface area contributed by atoms with Crippen LogP contribution in [-0.4, -0.2) is 56.3 Å². The van der Waals surface area contributed by atoms with E-state index in [2.05, 4.69) is 41.1 Å². The molecule has 164 valence electrons. The molecule has 0 aromatic heterocycles. The van der Waals surface area contributed by atoms with E-state index in [1.54, 1.807) is 6.07 Å². The fourth-order valence-corrected chi connectivity index (χ4v) is 4.94. The predicted molar refractivity (Wildman–Crippen MR) is 127 cm³/mol. The molecule has 0 atom stereocenters. The number of aliphatic imine (C=N–C) groups is 1. The van der Waals surface area contributed by atoms with Crippen LogP contribution in [0.3, 0.4) is 0 Å². The second-order valence-electron chi connectivity index (χ2n) is 8.70. The van der Waals surface area contributed by atoms with Gasteiger partial charge in [-0.25, -0.2) is 0 Å². The molecule has 0 bridgehead atoms. The van der Waals surface area contributed by atoms with Crippen molar-refractivity contribution in [1.82, 2.24) is 10.2 Å². The molecular weight excluding hydrogens is 396 g/mol. The van der Waals surface area contributed by atoms with E-state index < -0.39 is 0 Å².